The van der Waals surface area contributed by atoms with Crippen LogP contribution in [0.3, 0.4) is 0 Å². The van der Waals surface area contributed by atoms with Crippen molar-refractivity contribution in [1.29, 1.82) is 0 Å². The Morgan fingerprint density at radius 1 is 1.59 bits per heavy atom. The monoisotopic (exact) mass is 243 g/mol. The molecule has 0 aliphatic carbocycles. The number of ether oxygens (including phenoxy) is 1. The molecule has 5 nitrogen and oxygen atoms in total. The molecule has 0 aromatic rings. The SMILES string of the molecule is CCC(C)NCC(=O)NCC1CN(C)CCO1. The maximum absolute atomic E-state index is 11.5. The Labute approximate surface area is 104 Å². The van der Waals surface area contributed by atoms with E-state index in [4.69, 9.17) is 4.74 Å². The van der Waals surface area contributed by atoms with Gasteiger partial charge in [0.15, 0.2) is 0 Å². The Balaban J connectivity index is 2.10. The minimum absolute atomic E-state index is 0.0436. The van der Waals surface area contributed by atoms with E-state index in [9.17, 15) is 4.79 Å². The van der Waals surface area contributed by atoms with Gasteiger partial charge in [0, 0.05) is 25.7 Å². The lowest BCUT2D eigenvalue weighted by Gasteiger charge is -2.30. The molecular formula is C12H25N3O2. The molecule has 1 saturated heterocycles. The van der Waals surface area contributed by atoms with Crippen molar-refractivity contribution in [3.8, 4) is 0 Å². The number of likely N-dealkylation sites (N-methyl/N-ethyl adjacent to an activating group) is 1. The maximum Gasteiger partial charge on any atom is 0.234 e. The third kappa shape index (κ3) is 6.00. The molecule has 0 spiro atoms. The Morgan fingerprint density at radius 2 is 2.35 bits per heavy atom. The van der Waals surface area contributed by atoms with Crippen molar-refractivity contribution in [2.24, 2.45) is 0 Å². The van der Waals surface area contributed by atoms with Crippen LogP contribution in [0.15, 0.2) is 0 Å². The van der Waals surface area contributed by atoms with Crippen LogP contribution in [0.2, 0.25) is 0 Å². The normalized spacial score (nSPS) is 23.4. The number of hydrogen-bond donors (Lipinski definition) is 2. The molecule has 0 aromatic carbocycles. The summed E-state index contributed by atoms with van der Waals surface area (Å²) in [5.74, 6) is 0.0436. The molecular weight excluding hydrogens is 218 g/mol. The first-order valence-corrected chi connectivity index (χ1v) is 6.42. The Morgan fingerprint density at radius 3 is 3.00 bits per heavy atom. The van der Waals surface area contributed by atoms with Crippen molar-refractivity contribution in [2.45, 2.75) is 32.4 Å². The van der Waals surface area contributed by atoms with E-state index in [0.717, 1.165) is 26.1 Å². The van der Waals surface area contributed by atoms with Gasteiger partial charge in [-0.05, 0) is 20.4 Å². The standard InChI is InChI=1S/C12H25N3O2/c1-4-10(2)13-8-12(16)14-7-11-9-15(3)5-6-17-11/h10-11,13H,4-9H2,1-3H3,(H,14,16). The fourth-order valence-electron chi connectivity index (χ4n) is 1.69. The zero-order valence-electron chi connectivity index (χ0n) is 11.2. The van der Waals surface area contributed by atoms with Crippen LogP contribution in [0.1, 0.15) is 20.3 Å². The first-order chi connectivity index (χ1) is 8.11. The fourth-order valence-corrected chi connectivity index (χ4v) is 1.69. The summed E-state index contributed by atoms with van der Waals surface area (Å²) in [6.07, 6.45) is 1.16. The molecule has 2 atom stereocenters. The molecule has 1 aliphatic heterocycles. The van der Waals surface area contributed by atoms with Crippen molar-refractivity contribution in [2.75, 3.05) is 39.8 Å². The minimum Gasteiger partial charge on any atom is -0.374 e. The van der Waals surface area contributed by atoms with Gasteiger partial charge in [0.25, 0.3) is 0 Å². The highest BCUT2D eigenvalue weighted by Gasteiger charge is 2.18. The maximum atomic E-state index is 11.5. The van der Waals surface area contributed by atoms with Gasteiger partial charge < -0.3 is 20.3 Å². The largest absolute Gasteiger partial charge is 0.374 e. The molecule has 2 N–H and O–H groups in total. The highest BCUT2D eigenvalue weighted by Crippen LogP contribution is 2.01. The number of nitrogens with zero attached hydrogens (tertiary/aromatic N) is 1. The number of carbonyl (C=O) groups is 1. The van der Waals surface area contributed by atoms with Crippen LogP contribution < -0.4 is 10.6 Å². The molecule has 0 radical (unpaired) electrons. The molecule has 1 heterocycles. The summed E-state index contributed by atoms with van der Waals surface area (Å²) in [5, 5.41) is 6.06. The summed E-state index contributed by atoms with van der Waals surface area (Å²) in [6.45, 7) is 7.78. The van der Waals surface area contributed by atoms with Gasteiger partial charge in [-0.25, -0.2) is 0 Å². The average molecular weight is 243 g/mol. The van der Waals surface area contributed by atoms with Gasteiger partial charge in [0.1, 0.15) is 0 Å². The van der Waals surface area contributed by atoms with Crippen molar-refractivity contribution in [3.63, 3.8) is 0 Å². The number of morpholine rings is 1. The summed E-state index contributed by atoms with van der Waals surface area (Å²) in [6, 6.07) is 0.387. The molecule has 1 fully saturated rings. The van der Waals surface area contributed by atoms with E-state index in [0.29, 0.717) is 19.1 Å². The molecule has 1 amide bonds. The second-order valence-corrected chi connectivity index (χ2v) is 4.75. The third-order valence-corrected chi connectivity index (χ3v) is 3.09. The highest BCUT2D eigenvalue weighted by molar-refractivity contribution is 5.78. The van der Waals surface area contributed by atoms with E-state index < -0.39 is 0 Å². The Kier molecular flexibility index (Phi) is 6.47. The van der Waals surface area contributed by atoms with E-state index in [1.165, 1.54) is 0 Å². The Bertz CT molecular complexity index is 236. The predicted molar refractivity (Wildman–Crippen MR) is 68.0 cm³/mol. The molecule has 2 unspecified atom stereocenters. The van der Waals surface area contributed by atoms with Crippen LogP contribution in [0, 0.1) is 0 Å². The van der Waals surface area contributed by atoms with Crippen LogP contribution in [0.5, 0.6) is 0 Å². The van der Waals surface area contributed by atoms with Crippen molar-refractivity contribution in [1.82, 2.24) is 15.5 Å². The van der Waals surface area contributed by atoms with Crippen molar-refractivity contribution in [3.05, 3.63) is 0 Å². The van der Waals surface area contributed by atoms with Gasteiger partial charge in [-0.2, -0.15) is 0 Å². The fraction of sp³-hybridized carbons (Fsp3) is 0.917. The quantitative estimate of drug-likeness (QED) is 0.679. The molecule has 1 aliphatic rings. The zero-order chi connectivity index (χ0) is 12.7. The lowest BCUT2D eigenvalue weighted by Crippen LogP contribution is -2.47. The van der Waals surface area contributed by atoms with Crippen LogP contribution in [-0.2, 0) is 9.53 Å². The summed E-state index contributed by atoms with van der Waals surface area (Å²) in [5.41, 5.74) is 0. The van der Waals surface area contributed by atoms with Gasteiger partial charge in [-0.3, -0.25) is 4.79 Å². The van der Waals surface area contributed by atoms with E-state index in [1.54, 1.807) is 0 Å². The van der Waals surface area contributed by atoms with Gasteiger partial charge in [0.05, 0.1) is 19.3 Å². The van der Waals surface area contributed by atoms with Gasteiger partial charge >= 0.3 is 0 Å². The summed E-state index contributed by atoms with van der Waals surface area (Å²) >= 11 is 0. The van der Waals surface area contributed by atoms with Crippen molar-refractivity contribution < 1.29 is 9.53 Å². The average Bonchev–Trinajstić information content (AvgIpc) is 2.33. The topological polar surface area (TPSA) is 53.6 Å². The third-order valence-electron chi connectivity index (χ3n) is 3.09. The van der Waals surface area contributed by atoms with E-state index in [-0.39, 0.29) is 12.0 Å². The smallest absolute Gasteiger partial charge is 0.234 e. The molecule has 100 valence electrons. The number of carbonyl (C=O) groups excluding carboxylic acids is 1. The number of amides is 1. The van der Waals surface area contributed by atoms with E-state index >= 15 is 0 Å². The van der Waals surface area contributed by atoms with Crippen LogP contribution in [0.4, 0.5) is 0 Å². The lowest BCUT2D eigenvalue weighted by molar-refractivity contribution is -0.121. The molecule has 5 heteroatoms. The van der Waals surface area contributed by atoms with E-state index in [1.807, 2.05) is 0 Å². The predicted octanol–water partition coefficient (Wildman–Crippen LogP) is -0.179. The highest BCUT2D eigenvalue weighted by atomic mass is 16.5. The van der Waals surface area contributed by atoms with Gasteiger partial charge in [-0.1, -0.05) is 6.92 Å². The second kappa shape index (κ2) is 7.63. The van der Waals surface area contributed by atoms with Gasteiger partial charge in [-0.15, -0.1) is 0 Å². The van der Waals surface area contributed by atoms with Gasteiger partial charge in [0.2, 0.25) is 5.91 Å². The molecule has 0 bridgehead atoms. The summed E-state index contributed by atoms with van der Waals surface area (Å²) in [7, 11) is 2.07. The summed E-state index contributed by atoms with van der Waals surface area (Å²) in [4.78, 5) is 13.8. The molecule has 1 rings (SSSR count). The molecule has 0 saturated carbocycles. The summed E-state index contributed by atoms with van der Waals surface area (Å²) < 4.78 is 5.57. The van der Waals surface area contributed by atoms with Crippen LogP contribution in [-0.4, -0.2) is 62.8 Å². The van der Waals surface area contributed by atoms with E-state index in [2.05, 4.69) is 36.4 Å². The Hall–Kier alpha value is -0.650. The number of rotatable bonds is 6. The second-order valence-electron chi connectivity index (χ2n) is 4.75. The van der Waals surface area contributed by atoms with Crippen molar-refractivity contribution >= 4 is 5.91 Å². The van der Waals surface area contributed by atoms with Crippen LogP contribution in [0.25, 0.3) is 0 Å². The molecule has 0 aromatic heterocycles. The molecule has 17 heavy (non-hydrogen) atoms. The lowest BCUT2D eigenvalue weighted by atomic mass is 10.2. The number of nitrogens with one attached hydrogen (secondary N) is 2. The zero-order valence-corrected chi connectivity index (χ0v) is 11.2. The van der Waals surface area contributed by atoms with Crippen LogP contribution >= 0.6 is 0 Å². The first kappa shape index (κ1) is 14.4. The number of hydrogen-bond acceptors (Lipinski definition) is 4. The first-order valence-electron chi connectivity index (χ1n) is 6.42. The minimum atomic E-state index is 0.0436.